The molecule has 1 saturated heterocycles. The zero-order chi connectivity index (χ0) is 25.3. The molecule has 1 aromatic carbocycles. The summed E-state index contributed by atoms with van der Waals surface area (Å²) in [7, 11) is 0. The van der Waals surface area contributed by atoms with E-state index in [-0.39, 0.29) is 46.7 Å². The van der Waals surface area contributed by atoms with Crippen molar-refractivity contribution in [3.63, 3.8) is 0 Å². The van der Waals surface area contributed by atoms with E-state index in [0.29, 0.717) is 24.9 Å². The Hall–Kier alpha value is -2.73. The first-order valence-corrected chi connectivity index (χ1v) is 13.4. The summed E-state index contributed by atoms with van der Waals surface area (Å²) in [5.41, 5.74) is 0.482. The molecule has 4 rings (SSSR count). The summed E-state index contributed by atoms with van der Waals surface area (Å²) in [6, 6.07) is 8.70. The van der Waals surface area contributed by atoms with E-state index in [9.17, 15) is 19.6 Å². The minimum atomic E-state index is -1.72. The van der Waals surface area contributed by atoms with E-state index >= 15 is 0 Å². The van der Waals surface area contributed by atoms with Gasteiger partial charge in [-0.05, 0) is 49.4 Å². The van der Waals surface area contributed by atoms with E-state index in [1.807, 2.05) is 13.0 Å². The summed E-state index contributed by atoms with van der Waals surface area (Å²) < 4.78 is 19.2. The molecule has 3 heterocycles. The number of nitrogens with one attached hydrogen (secondary N) is 2. The van der Waals surface area contributed by atoms with E-state index < -0.39 is 17.2 Å². The summed E-state index contributed by atoms with van der Waals surface area (Å²) in [6.45, 7) is 9.07. The van der Waals surface area contributed by atoms with Crippen LogP contribution >= 0.6 is 22.5 Å². The second kappa shape index (κ2) is 10.1. The van der Waals surface area contributed by atoms with Crippen LogP contribution in [0.25, 0.3) is 0 Å². The van der Waals surface area contributed by atoms with Crippen molar-refractivity contribution in [1.82, 2.24) is 13.6 Å². The summed E-state index contributed by atoms with van der Waals surface area (Å²) in [4.78, 5) is 21.7. The number of aliphatic hydroxyl groups is 1. The molecule has 0 spiro atoms. The van der Waals surface area contributed by atoms with Crippen LogP contribution in [-0.2, 0) is 0 Å². The highest BCUT2D eigenvalue weighted by molar-refractivity contribution is 7.14. The maximum absolute atomic E-state index is 13.0. The number of benzene rings is 1. The minimum absolute atomic E-state index is 0.122. The van der Waals surface area contributed by atoms with Crippen molar-refractivity contribution in [2.24, 2.45) is 10.4 Å². The van der Waals surface area contributed by atoms with Gasteiger partial charge in [0.05, 0.1) is 23.4 Å². The molecule has 9 nitrogen and oxygen atoms in total. The van der Waals surface area contributed by atoms with E-state index in [2.05, 4.69) is 40.9 Å². The second-order valence-corrected chi connectivity index (χ2v) is 12.1. The number of β-amino-alcohol motifs (C(OH)–C–C–N with tert-alkyl or cyclic N) is 1. The number of aromatic hydroxyl groups is 1. The Morgan fingerprint density at radius 1 is 1.37 bits per heavy atom. The lowest BCUT2D eigenvalue weighted by atomic mass is 9.86. The fourth-order valence-electron chi connectivity index (χ4n) is 4.12. The van der Waals surface area contributed by atoms with Crippen LogP contribution < -0.4 is 10.8 Å². The van der Waals surface area contributed by atoms with E-state index in [1.54, 1.807) is 34.4 Å². The van der Waals surface area contributed by atoms with Gasteiger partial charge in [0, 0.05) is 27.2 Å². The number of phenolic OH excluding ortho intramolecular Hbond substituents is 1. The number of carbonyl (C=O) groups excluding carboxylic acids is 1. The Balaban J connectivity index is 1.67. The quantitative estimate of drug-likeness (QED) is 0.295. The number of hydrogen-bond donors (Lipinski definition) is 4. The number of nitrogens with zero attached hydrogens (tertiary/aromatic N) is 3. The topological polar surface area (TPSA) is 137 Å². The Morgan fingerprint density at radius 2 is 2.14 bits per heavy atom. The molecule has 3 aromatic rings. The van der Waals surface area contributed by atoms with Crippen LogP contribution in [0.4, 0.5) is 11.5 Å². The lowest BCUT2D eigenvalue weighted by Gasteiger charge is -2.30. The van der Waals surface area contributed by atoms with Gasteiger partial charge in [-0.25, -0.2) is 0 Å². The van der Waals surface area contributed by atoms with Crippen molar-refractivity contribution >= 4 is 39.9 Å². The first-order valence-electron chi connectivity index (χ1n) is 11.5. The van der Waals surface area contributed by atoms with Gasteiger partial charge in [-0.1, -0.05) is 26.8 Å². The molecule has 0 radical (unpaired) electrons. The lowest BCUT2D eigenvalue weighted by molar-refractivity contribution is 0.0471. The van der Waals surface area contributed by atoms with Crippen LogP contribution in [0.3, 0.4) is 0 Å². The van der Waals surface area contributed by atoms with E-state index in [4.69, 9.17) is 4.99 Å². The van der Waals surface area contributed by atoms with Crippen LogP contribution in [0.2, 0.25) is 0 Å². The third kappa shape index (κ3) is 5.75. The van der Waals surface area contributed by atoms with Crippen molar-refractivity contribution in [2.75, 3.05) is 18.4 Å². The van der Waals surface area contributed by atoms with Crippen LogP contribution in [0.1, 0.15) is 59.8 Å². The molecule has 1 fully saturated rings. The van der Waals surface area contributed by atoms with Crippen molar-refractivity contribution in [3.05, 3.63) is 51.1 Å². The van der Waals surface area contributed by atoms with Crippen molar-refractivity contribution in [1.29, 1.82) is 0 Å². The first kappa shape index (κ1) is 25.4. The first-order chi connectivity index (χ1) is 16.5. The molecule has 4 N–H and O–H groups in total. The van der Waals surface area contributed by atoms with Crippen LogP contribution in [0.15, 0.2) is 35.3 Å². The Labute approximate surface area is 211 Å². The van der Waals surface area contributed by atoms with Crippen LogP contribution in [0, 0.1) is 12.3 Å². The highest BCUT2D eigenvalue weighted by atomic mass is 32.2. The molecule has 2 aromatic heterocycles. The van der Waals surface area contributed by atoms with Crippen molar-refractivity contribution < 1.29 is 19.6 Å². The molecular weight excluding hydrogens is 486 g/mol. The zero-order valence-electron chi connectivity index (χ0n) is 20.2. The van der Waals surface area contributed by atoms with Crippen molar-refractivity contribution in [2.45, 2.75) is 52.7 Å². The molecule has 1 amide bonds. The number of H-pyrrole nitrogens is 1. The number of amides is 1. The molecule has 1 aliphatic heterocycles. The number of piperidine rings is 1. The van der Waals surface area contributed by atoms with Gasteiger partial charge in [-0.15, -0.1) is 15.7 Å². The summed E-state index contributed by atoms with van der Waals surface area (Å²) in [5.74, 6) is -0.368. The van der Waals surface area contributed by atoms with Crippen molar-refractivity contribution in [3.8, 4) is 5.75 Å². The average Bonchev–Trinajstić information content (AvgIpc) is 3.36. The third-order valence-electron chi connectivity index (χ3n) is 5.89. The molecule has 35 heavy (non-hydrogen) atoms. The molecule has 188 valence electrons. The maximum Gasteiger partial charge on any atom is 0.257 e. The molecule has 1 aliphatic rings. The Morgan fingerprint density at radius 3 is 2.80 bits per heavy atom. The smallest absolute Gasteiger partial charge is 0.257 e. The summed E-state index contributed by atoms with van der Waals surface area (Å²) in [5, 5.41) is 23.8. The maximum atomic E-state index is 13.0. The number of aliphatic hydroxyl groups excluding tert-OH is 1. The van der Waals surface area contributed by atoms with Gasteiger partial charge in [0.1, 0.15) is 0 Å². The van der Waals surface area contributed by atoms with E-state index in [0.717, 1.165) is 4.88 Å². The average molecular weight is 518 g/mol. The van der Waals surface area contributed by atoms with Crippen LogP contribution in [0.5, 0.6) is 5.75 Å². The lowest BCUT2D eigenvalue weighted by Crippen LogP contribution is -2.42. The number of hydrogen-bond acceptors (Lipinski definition) is 8. The highest BCUT2D eigenvalue weighted by Gasteiger charge is 2.29. The predicted molar refractivity (Wildman–Crippen MR) is 137 cm³/mol. The number of aromatic amines is 1. The molecule has 3 atom stereocenters. The molecule has 3 unspecified atom stereocenters. The number of rotatable bonds is 5. The molecular formula is C24H31N5O4S2. The molecule has 0 aliphatic carbocycles. The number of phenols is 1. The van der Waals surface area contributed by atoms with Gasteiger partial charge in [-0.2, -0.15) is 0 Å². The third-order valence-corrected chi connectivity index (χ3v) is 7.66. The largest absolute Gasteiger partial charge is 0.548 e. The molecule has 0 bridgehead atoms. The fourth-order valence-corrected chi connectivity index (χ4v) is 5.94. The van der Waals surface area contributed by atoms with Gasteiger partial charge in [0.15, 0.2) is 16.9 Å². The normalized spacial score (nSPS) is 18.6. The Kier molecular flexibility index (Phi) is 7.32. The SMILES string of the molecule is Cc1ccc(C(N=c2[nH][s+]([O-])nc2Nc2cccc(C(=O)N3CCCC(O)C3)c2O)C(C)(C)C)s1. The molecule has 11 heteroatoms. The van der Waals surface area contributed by atoms with Gasteiger partial charge in [0.2, 0.25) is 11.3 Å². The van der Waals surface area contributed by atoms with Gasteiger partial charge in [0.25, 0.3) is 5.91 Å². The van der Waals surface area contributed by atoms with Gasteiger partial charge < -0.3 is 25.0 Å². The minimum Gasteiger partial charge on any atom is -0.548 e. The number of para-hydroxylation sites is 1. The fraction of sp³-hybridized carbons (Fsp3) is 0.458. The standard InChI is InChI=1S/C24H31N5O4S2/c1-14-10-11-18(34-14)20(24(2,3)4)26-22-21(27-35(33)28-22)25-17-9-5-8-16(19(17)31)23(32)29-12-6-7-15(30)13-29/h5,8-11,15,20,30-31H,6-7,12-13H2,1-4H3,(H,25,27)(H,26,28). The number of likely N-dealkylation sites (tertiary alicyclic amines) is 1. The Bertz CT molecular complexity index is 1270. The predicted octanol–water partition coefficient (Wildman–Crippen LogP) is 4.24. The molecule has 0 saturated carbocycles. The van der Waals surface area contributed by atoms with Crippen LogP contribution in [-0.4, -0.2) is 53.5 Å². The monoisotopic (exact) mass is 517 g/mol. The number of aromatic nitrogens is 2. The summed E-state index contributed by atoms with van der Waals surface area (Å²) >= 11 is -0.0538. The highest BCUT2D eigenvalue weighted by Crippen LogP contribution is 2.39. The number of thiophene rings is 1. The zero-order valence-corrected chi connectivity index (χ0v) is 21.9. The van der Waals surface area contributed by atoms with E-state index in [1.165, 1.54) is 4.88 Å². The van der Waals surface area contributed by atoms with Gasteiger partial charge >= 0.3 is 0 Å². The number of anilines is 2. The number of aryl methyl sites for hydroxylation is 1. The van der Waals surface area contributed by atoms with Gasteiger partial charge in [-0.3, -0.25) is 9.79 Å². The number of carbonyl (C=O) groups is 1. The summed E-state index contributed by atoms with van der Waals surface area (Å²) in [6.07, 6.45) is 0.800. The second-order valence-electron chi connectivity index (χ2n) is 9.86.